The maximum Gasteiger partial charge on any atom is 0.151 e. The molecule has 4 nitrogen and oxygen atoms in total. The van der Waals surface area contributed by atoms with Crippen molar-refractivity contribution in [3.63, 3.8) is 0 Å². The summed E-state index contributed by atoms with van der Waals surface area (Å²) in [5, 5.41) is 8.55. The molecule has 16 heavy (non-hydrogen) atoms. The molecule has 0 amide bonds. The average molecular weight is 220 g/mol. The van der Waals surface area contributed by atoms with Gasteiger partial charge < -0.3 is 10.6 Å². The fourth-order valence-electron chi connectivity index (χ4n) is 2.28. The van der Waals surface area contributed by atoms with Gasteiger partial charge in [-0.2, -0.15) is 5.10 Å². The highest BCUT2D eigenvalue weighted by Crippen LogP contribution is 2.22. The van der Waals surface area contributed by atoms with Crippen LogP contribution in [-0.4, -0.2) is 29.3 Å². The summed E-state index contributed by atoms with van der Waals surface area (Å²) in [6.45, 7) is 3.92. The van der Waals surface area contributed by atoms with Crippen LogP contribution in [0.3, 0.4) is 0 Å². The molecule has 2 rings (SSSR count). The number of nitrogens with two attached hydrogens (primary N) is 1. The molecule has 0 bridgehead atoms. The van der Waals surface area contributed by atoms with Crippen molar-refractivity contribution < 1.29 is 0 Å². The van der Waals surface area contributed by atoms with Gasteiger partial charge in [-0.3, -0.25) is 0 Å². The SMILES string of the molecule is CCCc1ccc(N2CCCC2CN)nn1. The van der Waals surface area contributed by atoms with Crippen LogP contribution in [-0.2, 0) is 6.42 Å². The molecule has 2 heterocycles. The molecule has 0 saturated carbocycles. The average Bonchev–Trinajstić information content (AvgIpc) is 2.78. The van der Waals surface area contributed by atoms with Crippen LogP contribution in [0.25, 0.3) is 0 Å². The molecule has 1 atom stereocenters. The van der Waals surface area contributed by atoms with Crippen LogP contribution in [0, 0.1) is 0 Å². The van der Waals surface area contributed by atoms with Crippen LogP contribution >= 0.6 is 0 Å². The number of aryl methyl sites for hydroxylation is 1. The summed E-state index contributed by atoms with van der Waals surface area (Å²) in [5.74, 6) is 0.979. The fourth-order valence-corrected chi connectivity index (χ4v) is 2.28. The van der Waals surface area contributed by atoms with Crippen LogP contribution in [0.5, 0.6) is 0 Å². The van der Waals surface area contributed by atoms with E-state index in [0.717, 1.165) is 30.9 Å². The smallest absolute Gasteiger partial charge is 0.151 e. The third-order valence-corrected chi connectivity index (χ3v) is 3.16. The van der Waals surface area contributed by atoms with E-state index in [9.17, 15) is 0 Å². The molecule has 0 aliphatic carbocycles. The molecule has 1 aromatic rings. The Balaban J connectivity index is 2.08. The van der Waals surface area contributed by atoms with E-state index >= 15 is 0 Å². The Morgan fingerprint density at radius 1 is 1.44 bits per heavy atom. The molecule has 0 radical (unpaired) electrons. The summed E-state index contributed by atoms with van der Waals surface area (Å²) < 4.78 is 0. The van der Waals surface area contributed by atoms with Gasteiger partial charge in [0.05, 0.1) is 5.69 Å². The van der Waals surface area contributed by atoms with E-state index in [2.05, 4.69) is 34.2 Å². The minimum atomic E-state index is 0.450. The Hall–Kier alpha value is -1.16. The van der Waals surface area contributed by atoms with E-state index in [1.807, 2.05) is 0 Å². The van der Waals surface area contributed by atoms with E-state index in [-0.39, 0.29) is 0 Å². The van der Waals surface area contributed by atoms with E-state index in [0.29, 0.717) is 12.6 Å². The molecule has 1 aromatic heterocycles. The molecule has 1 unspecified atom stereocenters. The third-order valence-electron chi connectivity index (χ3n) is 3.16. The summed E-state index contributed by atoms with van der Waals surface area (Å²) in [7, 11) is 0. The Bertz CT molecular complexity index is 322. The number of rotatable bonds is 4. The summed E-state index contributed by atoms with van der Waals surface area (Å²) in [4.78, 5) is 2.28. The van der Waals surface area contributed by atoms with Crippen molar-refractivity contribution in [2.45, 2.75) is 38.6 Å². The quantitative estimate of drug-likeness (QED) is 0.832. The van der Waals surface area contributed by atoms with Gasteiger partial charge in [0.2, 0.25) is 0 Å². The summed E-state index contributed by atoms with van der Waals surface area (Å²) in [6, 6.07) is 4.61. The lowest BCUT2D eigenvalue weighted by molar-refractivity contribution is 0.665. The monoisotopic (exact) mass is 220 g/mol. The number of nitrogens with zero attached hydrogens (tertiary/aromatic N) is 3. The first kappa shape index (κ1) is 11.3. The highest BCUT2D eigenvalue weighted by atomic mass is 15.3. The Morgan fingerprint density at radius 2 is 2.31 bits per heavy atom. The molecular formula is C12H20N4. The van der Waals surface area contributed by atoms with Gasteiger partial charge >= 0.3 is 0 Å². The van der Waals surface area contributed by atoms with E-state index in [1.165, 1.54) is 12.8 Å². The summed E-state index contributed by atoms with van der Waals surface area (Å²) in [5.41, 5.74) is 6.83. The van der Waals surface area contributed by atoms with Gasteiger partial charge in [-0.15, -0.1) is 5.10 Å². The highest BCUT2D eigenvalue weighted by Gasteiger charge is 2.24. The zero-order chi connectivity index (χ0) is 11.4. The highest BCUT2D eigenvalue weighted by molar-refractivity contribution is 5.40. The Morgan fingerprint density at radius 3 is 2.94 bits per heavy atom. The van der Waals surface area contributed by atoms with Gasteiger partial charge in [-0.25, -0.2) is 0 Å². The van der Waals surface area contributed by atoms with E-state index in [1.54, 1.807) is 0 Å². The standard InChI is InChI=1S/C12H20N4/c1-2-4-10-6-7-12(15-14-10)16-8-3-5-11(16)9-13/h6-7,11H,2-5,8-9,13H2,1H3. The topological polar surface area (TPSA) is 55.0 Å². The lowest BCUT2D eigenvalue weighted by Gasteiger charge is -2.23. The van der Waals surface area contributed by atoms with Gasteiger partial charge in [0.1, 0.15) is 0 Å². The molecule has 0 aromatic carbocycles. The van der Waals surface area contributed by atoms with Crippen molar-refractivity contribution in [3.8, 4) is 0 Å². The van der Waals surface area contributed by atoms with Crippen LogP contribution in [0.15, 0.2) is 12.1 Å². The first-order valence-corrected chi connectivity index (χ1v) is 6.14. The molecule has 0 spiro atoms. The van der Waals surface area contributed by atoms with Crippen molar-refractivity contribution in [1.29, 1.82) is 0 Å². The van der Waals surface area contributed by atoms with Crippen molar-refractivity contribution in [2.75, 3.05) is 18.0 Å². The van der Waals surface area contributed by atoms with E-state index < -0.39 is 0 Å². The van der Waals surface area contributed by atoms with Crippen molar-refractivity contribution in [2.24, 2.45) is 5.73 Å². The number of aromatic nitrogens is 2. The minimum absolute atomic E-state index is 0.450. The Kier molecular flexibility index (Phi) is 3.72. The van der Waals surface area contributed by atoms with Crippen molar-refractivity contribution in [1.82, 2.24) is 10.2 Å². The van der Waals surface area contributed by atoms with Crippen LogP contribution < -0.4 is 10.6 Å². The number of hydrogen-bond acceptors (Lipinski definition) is 4. The van der Waals surface area contributed by atoms with Gasteiger partial charge in [0.25, 0.3) is 0 Å². The van der Waals surface area contributed by atoms with E-state index in [4.69, 9.17) is 5.73 Å². The number of anilines is 1. The maximum absolute atomic E-state index is 5.75. The van der Waals surface area contributed by atoms with Gasteiger partial charge in [0.15, 0.2) is 5.82 Å². The van der Waals surface area contributed by atoms with Crippen molar-refractivity contribution in [3.05, 3.63) is 17.8 Å². The predicted octanol–water partition coefficient (Wildman–Crippen LogP) is 1.36. The first-order chi connectivity index (χ1) is 7.85. The minimum Gasteiger partial charge on any atom is -0.351 e. The molecule has 1 aliphatic rings. The second kappa shape index (κ2) is 5.25. The molecule has 4 heteroatoms. The third kappa shape index (κ3) is 2.32. The first-order valence-electron chi connectivity index (χ1n) is 6.14. The molecule has 1 fully saturated rings. The second-order valence-corrected chi connectivity index (χ2v) is 4.36. The second-order valence-electron chi connectivity index (χ2n) is 4.36. The van der Waals surface area contributed by atoms with Crippen LogP contribution in [0.4, 0.5) is 5.82 Å². The zero-order valence-corrected chi connectivity index (χ0v) is 9.89. The summed E-state index contributed by atoms with van der Waals surface area (Å²) in [6.07, 6.45) is 4.51. The van der Waals surface area contributed by atoms with Crippen molar-refractivity contribution >= 4 is 5.82 Å². The fraction of sp³-hybridized carbons (Fsp3) is 0.667. The zero-order valence-electron chi connectivity index (χ0n) is 9.89. The summed E-state index contributed by atoms with van der Waals surface area (Å²) >= 11 is 0. The van der Waals surface area contributed by atoms with Crippen LogP contribution in [0.1, 0.15) is 31.9 Å². The lowest BCUT2D eigenvalue weighted by Crippen LogP contribution is -2.36. The van der Waals surface area contributed by atoms with Gasteiger partial charge in [-0.05, 0) is 31.4 Å². The molecule has 88 valence electrons. The molecule has 2 N–H and O–H groups in total. The normalized spacial score (nSPS) is 20.4. The predicted molar refractivity (Wildman–Crippen MR) is 65.4 cm³/mol. The molecular weight excluding hydrogens is 200 g/mol. The molecule has 1 saturated heterocycles. The molecule has 1 aliphatic heterocycles. The van der Waals surface area contributed by atoms with Crippen LogP contribution in [0.2, 0.25) is 0 Å². The largest absolute Gasteiger partial charge is 0.351 e. The lowest BCUT2D eigenvalue weighted by atomic mass is 10.2. The Labute approximate surface area is 96.9 Å². The van der Waals surface area contributed by atoms with Gasteiger partial charge in [0, 0.05) is 19.1 Å². The number of hydrogen-bond donors (Lipinski definition) is 1. The van der Waals surface area contributed by atoms with Gasteiger partial charge in [-0.1, -0.05) is 13.3 Å². The maximum atomic E-state index is 5.75.